The Morgan fingerprint density at radius 2 is 1.74 bits per heavy atom. The monoisotopic (exact) mass is 544 g/mol. The first-order valence-corrected chi connectivity index (χ1v) is 13.6. The molecule has 0 saturated carbocycles. The first kappa shape index (κ1) is 27.7. The van der Waals surface area contributed by atoms with E-state index in [0.29, 0.717) is 44.9 Å². The lowest BCUT2D eigenvalue weighted by Crippen LogP contribution is -2.43. The van der Waals surface area contributed by atoms with Gasteiger partial charge >= 0.3 is 0 Å². The van der Waals surface area contributed by atoms with Crippen molar-refractivity contribution in [2.75, 3.05) is 27.3 Å². The quantitative estimate of drug-likeness (QED) is 0.444. The summed E-state index contributed by atoms with van der Waals surface area (Å²) in [4.78, 5) is 29.8. The molecule has 8 nitrogen and oxygen atoms in total. The van der Waals surface area contributed by atoms with Crippen LogP contribution in [0.2, 0.25) is 0 Å². The normalized spacial score (nSPS) is 15.1. The molecule has 4 rings (SSSR count). The zero-order valence-corrected chi connectivity index (χ0v) is 23.4. The molecule has 2 heterocycles. The number of carbonyl (C=O) groups excluding carboxylic acids is 1. The zero-order chi connectivity index (χ0) is 28.1. The average Bonchev–Trinajstić information content (AvgIpc) is 3.27. The summed E-state index contributed by atoms with van der Waals surface area (Å²) in [5.74, 6) is 0.314. The van der Waals surface area contributed by atoms with Crippen LogP contribution in [0.25, 0.3) is 17.5 Å². The Bertz CT molecular complexity index is 1640. The average molecular weight is 545 g/mol. The topological polar surface area (TPSA) is 111 Å². The highest BCUT2D eigenvalue weighted by Gasteiger charge is 2.37. The predicted octanol–water partition coefficient (Wildman–Crippen LogP) is 3.00. The van der Waals surface area contributed by atoms with Crippen molar-refractivity contribution in [1.82, 2.24) is 9.47 Å². The Labute approximate surface area is 231 Å². The third kappa shape index (κ3) is 5.33. The standard InChI is InChI=1S/C30H32N4O4S/c1-5-13-33(14-6-2)29(36)26-25(20-10-8-12-22(17-20)38-4)23(18-31)27(32)34-28(35)24(39-30(26)34)16-19-9-7-11-21(15-19)37-3/h7-12,15-17,25H,5-6,13-14,32H2,1-4H3/b24-16+. The minimum absolute atomic E-state index is 0.0287. The van der Waals surface area contributed by atoms with Crippen molar-refractivity contribution < 1.29 is 14.3 Å². The molecule has 3 aromatic rings. The van der Waals surface area contributed by atoms with E-state index < -0.39 is 5.92 Å². The number of rotatable bonds is 9. The van der Waals surface area contributed by atoms with Crippen molar-refractivity contribution >= 4 is 34.7 Å². The van der Waals surface area contributed by atoms with Crippen LogP contribution in [0.5, 0.6) is 11.5 Å². The predicted molar refractivity (Wildman–Crippen MR) is 154 cm³/mol. The van der Waals surface area contributed by atoms with E-state index in [0.717, 1.165) is 18.4 Å². The van der Waals surface area contributed by atoms with Crippen molar-refractivity contribution in [1.29, 1.82) is 5.26 Å². The van der Waals surface area contributed by atoms with E-state index in [1.54, 1.807) is 37.3 Å². The van der Waals surface area contributed by atoms with E-state index in [9.17, 15) is 14.9 Å². The molecule has 1 amide bonds. The van der Waals surface area contributed by atoms with Crippen molar-refractivity contribution in [2.45, 2.75) is 32.6 Å². The molecule has 0 fully saturated rings. The smallest absolute Gasteiger partial charge is 0.274 e. The molecular formula is C30H32N4O4S. The fraction of sp³-hybridized carbons (Fsp3) is 0.300. The lowest BCUT2D eigenvalue weighted by atomic mass is 9.83. The second kappa shape index (κ2) is 12.0. The molecule has 2 N–H and O–H groups in total. The number of amides is 1. The molecule has 39 heavy (non-hydrogen) atoms. The van der Waals surface area contributed by atoms with E-state index in [2.05, 4.69) is 6.07 Å². The number of fused-ring (bicyclic) bond motifs is 1. The maximum atomic E-state index is 14.3. The van der Waals surface area contributed by atoms with Crippen LogP contribution in [-0.4, -0.2) is 42.7 Å². The van der Waals surface area contributed by atoms with Gasteiger partial charge in [-0.1, -0.05) is 38.1 Å². The summed E-state index contributed by atoms with van der Waals surface area (Å²) in [6, 6.07) is 16.8. The maximum Gasteiger partial charge on any atom is 0.274 e. The molecule has 1 aliphatic heterocycles. The van der Waals surface area contributed by atoms with Gasteiger partial charge in [0.05, 0.1) is 41.9 Å². The van der Waals surface area contributed by atoms with Gasteiger partial charge in [0, 0.05) is 13.1 Å². The molecule has 1 aliphatic rings. The van der Waals surface area contributed by atoms with Crippen LogP contribution in [0.4, 0.5) is 0 Å². The van der Waals surface area contributed by atoms with Crippen LogP contribution < -0.4 is 30.0 Å². The summed E-state index contributed by atoms with van der Waals surface area (Å²) in [6.45, 7) is 5.14. The summed E-state index contributed by atoms with van der Waals surface area (Å²) in [5, 5.41) is 10.3. The first-order valence-electron chi connectivity index (χ1n) is 12.8. The van der Waals surface area contributed by atoms with E-state index in [1.165, 1.54) is 15.9 Å². The summed E-state index contributed by atoms with van der Waals surface area (Å²) in [5.41, 5.74) is 8.13. The molecule has 2 aromatic carbocycles. The number of ether oxygens (including phenoxy) is 2. The van der Waals surface area contributed by atoms with Gasteiger partial charge in [-0.3, -0.25) is 14.2 Å². The van der Waals surface area contributed by atoms with Gasteiger partial charge in [-0.05, 0) is 54.3 Å². The molecule has 1 aromatic heterocycles. The van der Waals surface area contributed by atoms with Crippen LogP contribution in [0.1, 0.15) is 43.7 Å². The van der Waals surface area contributed by atoms with Gasteiger partial charge in [0.2, 0.25) is 0 Å². The van der Waals surface area contributed by atoms with Crippen LogP contribution >= 0.6 is 11.3 Å². The van der Waals surface area contributed by atoms with Gasteiger partial charge in [0.15, 0.2) is 0 Å². The second-order valence-corrected chi connectivity index (χ2v) is 10.2. The van der Waals surface area contributed by atoms with E-state index >= 15 is 0 Å². The summed E-state index contributed by atoms with van der Waals surface area (Å²) < 4.78 is 12.9. The fourth-order valence-electron chi connectivity index (χ4n) is 4.82. The van der Waals surface area contributed by atoms with Gasteiger partial charge in [-0.25, -0.2) is 0 Å². The van der Waals surface area contributed by atoms with Crippen LogP contribution in [0.15, 0.2) is 58.9 Å². The Kier molecular flexibility index (Phi) is 8.57. The molecule has 1 unspecified atom stereocenters. The molecule has 202 valence electrons. The zero-order valence-electron chi connectivity index (χ0n) is 22.6. The number of thiazole rings is 1. The van der Waals surface area contributed by atoms with Gasteiger partial charge < -0.3 is 20.1 Å². The van der Waals surface area contributed by atoms with Gasteiger partial charge in [-0.2, -0.15) is 5.26 Å². The SMILES string of the molecule is CCCN(CCC)C(=O)C1=c2s/c(=C/c3cccc(OC)c3)c(=O)n2C(N)=C(C#N)C1c1cccc(OC)c1. The maximum absolute atomic E-state index is 14.3. The molecule has 1 atom stereocenters. The number of benzene rings is 2. The highest BCUT2D eigenvalue weighted by molar-refractivity contribution is 7.07. The third-order valence-electron chi connectivity index (χ3n) is 6.59. The molecule has 0 spiro atoms. The van der Waals surface area contributed by atoms with Gasteiger partial charge in [0.25, 0.3) is 11.5 Å². The number of carbonyl (C=O) groups is 1. The number of hydrogen-bond acceptors (Lipinski definition) is 7. The molecule has 0 radical (unpaired) electrons. The lowest BCUT2D eigenvalue weighted by molar-refractivity contribution is -0.125. The summed E-state index contributed by atoms with van der Waals surface area (Å²) in [7, 11) is 3.14. The van der Waals surface area contributed by atoms with Crippen molar-refractivity contribution in [3.63, 3.8) is 0 Å². The minimum atomic E-state index is -0.753. The molecular weight excluding hydrogens is 512 g/mol. The molecule has 0 aliphatic carbocycles. The summed E-state index contributed by atoms with van der Waals surface area (Å²) >= 11 is 1.20. The van der Waals surface area contributed by atoms with E-state index in [4.69, 9.17) is 15.2 Å². The number of hydrogen-bond donors (Lipinski definition) is 1. The van der Waals surface area contributed by atoms with Crippen LogP contribution in [0.3, 0.4) is 0 Å². The number of nitrogens with two attached hydrogens (primary N) is 1. The molecule has 0 bridgehead atoms. The Morgan fingerprint density at radius 1 is 1.10 bits per heavy atom. The van der Waals surface area contributed by atoms with Crippen molar-refractivity contribution in [2.24, 2.45) is 5.73 Å². The number of allylic oxidation sites excluding steroid dienone is 1. The fourth-order valence-corrected chi connectivity index (χ4v) is 5.99. The highest BCUT2D eigenvalue weighted by Crippen LogP contribution is 2.38. The Balaban J connectivity index is 2.09. The summed E-state index contributed by atoms with van der Waals surface area (Å²) in [6.07, 6.45) is 3.30. The Morgan fingerprint density at radius 3 is 2.36 bits per heavy atom. The number of methoxy groups -OCH3 is 2. The number of nitrogens with zero attached hydrogens (tertiary/aromatic N) is 3. The number of aromatic nitrogens is 1. The van der Waals surface area contributed by atoms with Gasteiger partial charge in [-0.15, -0.1) is 11.3 Å². The highest BCUT2D eigenvalue weighted by atomic mass is 32.1. The minimum Gasteiger partial charge on any atom is -0.497 e. The Hall–Kier alpha value is -4.29. The van der Waals surface area contributed by atoms with Crippen molar-refractivity contribution in [3.05, 3.63) is 84.8 Å². The molecule has 0 saturated heterocycles. The van der Waals surface area contributed by atoms with E-state index in [1.807, 2.05) is 50.2 Å². The second-order valence-electron chi connectivity index (χ2n) is 9.16. The largest absolute Gasteiger partial charge is 0.497 e. The third-order valence-corrected chi connectivity index (χ3v) is 7.70. The lowest BCUT2D eigenvalue weighted by Gasteiger charge is -2.30. The molecule has 9 heteroatoms. The van der Waals surface area contributed by atoms with E-state index in [-0.39, 0.29) is 22.9 Å². The van der Waals surface area contributed by atoms with Crippen LogP contribution in [0, 0.1) is 11.3 Å². The first-order chi connectivity index (χ1) is 18.9. The van der Waals surface area contributed by atoms with Crippen LogP contribution in [-0.2, 0) is 4.79 Å². The number of nitriles is 1. The van der Waals surface area contributed by atoms with Crippen molar-refractivity contribution in [3.8, 4) is 17.6 Å². The van der Waals surface area contributed by atoms with Gasteiger partial charge in [0.1, 0.15) is 22.0 Å².